The Balaban J connectivity index is 1.57. The van der Waals surface area contributed by atoms with E-state index in [4.69, 9.17) is 14.5 Å². The van der Waals surface area contributed by atoms with Crippen LogP contribution >= 0.6 is 0 Å². The largest absolute Gasteiger partial charge is 0.497 e. The molecular formula is C25H26N2O2. The molecule has 4 nitrogen and oxygen atoms in total. The van der Waals surface area contributed by atoms with Crippen molar-refractivity contribution in [3.05, 3.63) is 77.9 Å². The summed E-state index contributed by atoms with van der Waals surface area (Å²) in [6.07, 6.45) is 0.894. The zero-order chi connectivity index (χ0) is 20.2. The molecule has 0 spiro atoms. The number of hydrogen-bond acceptors (Lipinski definition) is 3. The lowest BCUT2D eigenvalue weighted by molar-refractivity contribution is 0.301. The Labute approximate surface area is 171 Å². The summed E-state index contributed by atoms with van der Waals surface area (Å²) in [4.78, 5) is 4.89. The molecule has 148 valence electrons. The van der Waals surface area contributed by atoms with Crippen LogP contribution in [-0.4, -0.2) is 23.3 Å². The van der Waals surface area contributed by atoms with Gasteiger partial charge in [0, 0.05) is 12.1 Å². The second-order valence-electron chi connectivity index (χ2n) is 7.28. The molecule has 0 unspecified atom stereocenters. The minimum atomic E-state index is 0.661. The van der Waals surface area contributed by atoms with Gasteiger partial charge in [-0.05, 0) is 61.7 Å². The van der Waals surface area contributed by atoms with Crippen LogP contribution in [0.25, 0.3) is 22.4 Å². The monoisotopic (exact) mass is 386 g/mol. The maximum atomic E-state index is 6.06. The Hall–Kier alpha value is -3.27. The van der Waals surface area contributed by atoms with Gasteiger partial charge in [0.05, 0.1) is 24.8 Å². The third-order valence-electron chi connectivity index (χ3n) is 5.11. The van der Waals surface area contributed by atoms with Crippen molar-refractivity contribution in [2.45, 2.75) is 26.8 Å². The molecule has 4 rings (SSSR count). The normalized spacial score (nSPS) is 11.0. The highest BCUT2D eigenvalue weighted by molar-refractivity contribution is 5.80. The third kappa shape index (κ3) is 4.11. The van der Waals surface area contributed by atoms with Crippen molar-refractivity contribution >= 4 is 11.0 Å². The van der Waals surface area contributed by atoms with Gasteiger partial charge in [-0.3, -0.25) is 0 Å². The molecule has 0 radical (unpaired) electrons. The van der Waals surface area contributed by atoms with Crippen molar-refractivity contribution in [1.29, 1.82) is 0 Å². The van der Waals surface area contributed by atoms with E-state index in [1.165, 1.54) is 11.1 Å². The molecule has 0 bridgehead atoms. The molecule has 0 aliphatic carbocycles. The standard InChI is InChI=1S/C25H26N2O2/c1-18-12-13-19(2)24(16-18)29-15-7-14-27-23-11-5-4-10-22(23)26-25(27)20-8-6-9-21(17-20)28-3/h4-6,8-13,16-17H,7,14-15H2,1-3H3. The first-order chi connectivity index (χ1) is 14.2. The van der Waals surface area contributed by atoms with Crippen molar-refractivity contribution in [2.75, 3.05) is 13.7 Å². The number of ether oxygens (including phenoxy) is 2. The highest BCUT2D eigenvalue weighted by Crippen LogP contribution is 2.28. The summed E-state index contributed by atoms with van der Waals surface area (Å²) in [5, 5.41) is 0. The number of rotatable bonds is 7. The molecule has 0 aliphatic rings. The third-order valence-corrected chi connectivity index (χ3v) is 5.11. The molecule has 1 heterocycles. The van der Waals surface area contributed by atoms with Crippen LogP contribution in [0.2, 0.25) is 0 Å². The summed E-state index contributed by atoms with van der Waals surface area (Å²) >= 11 is 0. The molecule has 0 atom stereocenters. The number of benzene rings is 3. The number of para-hydroxylation sites is 2. The van der Waals surface area contributed by atoms with Crippen LogP contribution in [0.15, 0.2) is 66.7 Å². The van der Waals surface area contributed by atoms with Gasteiger partial charge in [0.1, 0.15) is 17.3 Å². The molecule has 1 aromatic heterocycles. The number of imidazole rings is 1. The molecule has 0 amide bonds. The number of fused-ring (bicyclic) bond motifs is 1. The van der Waals surface area contributed by atoms with Crippen molar-refractivity contribution in [3.8, 4) is 22.9 Å². The molecule has 0 fully saturated rings. The predicted molar refractivity (Wildman–Crippen MR) is 118 cm³/mol. The van der Waals surface area contributed by atoms with Crippen molar-refractivity contribution in [3.63, 3.8) is 0 Å². The highest BCUT2D eigenvalue weighted by Gasteiger charge is 2.13. The number of hydrogen-bond donors (Lipinski definition) is 0. The van der Waals surface area contributed by atoms with E-state index in [0.29, 0.717) is 6.61 Å². The van der Waals surface area contributed by atoms with Crippen LogP contribution in [0.1, 0.15) is 17.5 Å². The predicted octanol–water partition coefficient (Wildman–Crippen LogP) is 5.80. The second kappa shape index (κ2) is 8.39. The maximum absolute atomic E-state index is 6.06. The van der Waals surface area contributed by atoms with Crippen molar-refractivity contribution in [1.82, 2.24) is 9.55 Å². The van der Waals surface area contributed by atoms with E-state index in [1.54, 1.807) is 7.11 Å². The Morgan fingerprint density at radius 1 is 0.931 bits per heavy atom. The topological polar surface area (TPSA) is 36.3 Å². The van der Waals surface area contributed by atoms with Gasteiger partial charge in [-0.25, -0.2) is 4.98 Å². The average molecular weight is 386 g/mol. The van der Waals surface area contributed by atoms with E-state index in [9.17, 15) is 0 Å². The number of aromatic nitrogens is 2. The molecule has 4 aromatic rings. The van der Waals surface area contributed by atoms with Crippen LogP contribution in [0.5, 0.6) is 11.5 Å². The zero-order valence-corrected chi connectivity index (χ0v) is 17.2. The lowest BCUT2D eigenvalue weighted by atomic mass is 10.1. The molecule has 4 heteroatoms. The molecule has 29 heavy (non-hydrogen) atoms. The highest BCUT2D eigenvalue weighted by atomic mass is 16.5. The molecule has 0 saturated carbocycles. The van der Waals surface area contributed by atoms with E-state index in [-0.39, 0.29) is 0 Å². The van der Waals surface area contributed by atoms with E-state index >= 15 is 0 Å². The van der Waals surface area contributed by atoms with Crippen LogP contribution in [0.3, 0.4) is 0 Å². The Morgan fingerprint density at radius 2 is 1.79 bits per heavy atom. The van der Waals surface area contributed by atoms with Crippen LogP contribution in [0, 0.1) is 13.8 Å². The number of nitrogens with zero attached hydrogens (tertiary/aromatic N) is 2. The summed E-state index contributed by atoms with van der Waals surface area (Å²) < 4.78 is 13.7. The van der Waals surface area contributed by atoms with E-state index in [2.05, 4.69) is 60.9 Å². The van der Waals surface area contributed by atoms with Gasteiger partial charge in [0.25, 0.3) is 0 Å². The summed E-state index contributed by atoms with van der Waals surface area (Å²) in [5.74, 6) is 2.75. The minimum absolute atomic E-state index is 0.661. The van der Waals surface area contributed by atoms with E-state index in [0.717, 1.165) is 46.9 Å². The Bertz CT molecular complexity index is 1130. The van der Waals surface area contributed by atoms with Gasteiger partial charge < -0.3 is 14.0 Å². The van der Waals surface area contributed by atoms with E-state index < -0.39 is 0 Å². The Morgan fingerprint density at radius 3 is 2.66 bits per heavy atom. The SMILES string of the molecule is COc1cccc(-c2nc3ccccc3n2CCCOc2cc(C)ccc2C)c1. The fourth-order valence-electron chi connectivity index (χ4n) is 3.55. The van der Waals surface area contributed by atoms with Crippen molar-refractivity contribution < 1.29 is 9.47 Å². The van der Waals surface area contributed by atoms with Gasteiger partial charge in [-0.1, -0.05) is 36.4 Å². The molecule has 3 aromatic carbocycles. The summed E-state index contributed by atoms with van der Waals surface area (Å²) in [6.45, 7) is 5.66. The van der Waals surface area contributed by atoms with Gasteiger partial charge in [-0.2, -0.15) is 0 Å². The maximum Gasteiger partial charge on any atom is 0.141 e. The van der Waals surface area contributed by atoms with E-state index in [1.807, 2.05) is 24.3 Å². The van der Waals surface area contributed by atoms with Crippen LogP contribution < -0.4 is 9.47 Å². The second-order valence-corrected chi connectivity index (χ2v) is 7.28. The lowest BCUT2D eigenvalue weighted by Gasteiger charge is -2.12. The number of aryl methyl sites for hydroxylation is 3. The lowest BCUT2D eigenvalue weighted by Crippen LogP contribution is -2.06. The Kier molecular flexibility index (Phi) is 5.52. The average Bonchev–Trinajstić information content (AvgIpc) is 3.12. The zero-order valence-electron chi connectivity index (χ0n) is 17.2. The summed E-state index contributed by atoms with van der Waals surface area (Å²) in [6, 6.07) is 22.6. The first-order valence-electron chi connectivity index (χ1n) is 9.95. The van der Waals surface area contributed by atoms with Gasteiger partial charge in [0.2, 0.25) is 0 Å². The fraction of sp³-hybridized carbons (Fsp3) is 0.240. The summed E-state index contributed by atoms with van der Waals surface area (Å²) in [7, 11) is 1.69. The van der Waals surface area contributed by atoms with Gasteiger partial charge in [-0.15, -0.1) is 0 Å². The van der Waals surface area contributed by atoms with Crippen LogP contribution in [0.4, 0.5) is 0 Å². The van der Waals surface area contributed by atoms with Crippen molar-refractivity contribution in [2.24, 2.45) is 0 Å². The first-order valence-corrected chi connectivity index (χ1v) is 9.95. The molecular weight excluding hydrogens is 360 g/mol. The molecule has 0 saturated heterocycles. The van der Waals surface area contributed by atoms with Crippen LogP contribution in [-0.2, 0) is 6.54 Å². The minimum Gasteiger partial charge on any atom is -0.497 e. The summed E-state index contributed by atoms with van der Waals surface area (Å²) in [5.41, 5.74) is 5.57. The smallest absolute Gasteiger partial charge is 0.141 e. The first kappa shape index (κ1) is 19.1. The fourth-order valence-corrected chi connectivity index (χ4v) is 3.55. The molecule has 0 N–H and O–H groups in total. The van der Waals surface area contributed by atoms with Gasteiger partial charge in [0.15, 0.2) is 0 Å². The number of methoxy groups -OCH3 is 1. The quantitative estimate of drug-likeness (QED) is 0.377. The van der Waals surface area contributed by atoms with Gasteiger partial charge >= 0.3 is 0 Å². The molecule has 0 aliphatic heterocycles.